The van der Waals surface area contributed by atoms with E-state index < -0.39 is 37.1 Å². The first kappa shape index (κ1) is 23.7. The molecule has 3 aromatic rings. The summed E-state index contributed by atoms with van der Waals surface area (Å²) in [4.78, 5) is 28.6. The normalized spacial score (nSPS) is 12.3. The van der Waals surface area contributed by atoms with Gasteiger partial charge in [-0.3, -0.25) is 14.4 Å². The quantitative estimate of drug-likeness (QED) is 0.256. The van der Waals surface area contributed by atoms with Crippen LogP contribution in [0.25, 0.3) is 0 Å². The van der Waals surface area contributed by atoms with Crippen LogP contribution in [0.15, 0.2) is 56.9 Å². The predicted octanol–water partition coefficient (Wildman–Crippen LogP) is 2.91. The number of rotatable bonds is 8. The summed E-state index contributed by atoms with van der Waals surface area (Å²) in [6.45, 7) is 3.68. The maximum Gasteiger partial charge on any atom is 0.269 e. The minimum Gasteiger partial charge on any atom is -0.504 e. The van der Waals surface area contributed by atoms with Crippen LogP contribution >= 0.6 is 11.6 Å². The third-order valence-electron chi connectivity index (χ3n) is 5.04. The molecular formula is C21H22ClN3O6S. The number of nitrogens with one attached hydrogen (secondary N) is 2. The first-order valence-electron chi connectivity index (χ1n) is 9.40. The van der Waals surface area contributed by atoms with Crippen molar-refractivity contribution in [2.45, 2.75) is 24.3 Å². The number of aromatic hydroxyl groups is 1. The topological polar surface area (TPSA) is 125 Å². The summed E-state index contributed by atoms with van der Waals surface area (Å²) in [7, 11) is -2.02. The van der Waals surface area contributed by atoms with Gasteiger partial charge in [0, 0.05) is 7.05 Å². The number of nitrogens with zero attached hydrogens (tertiary/aromatic N) is 1. The predicted molar refractivity (Wildman–Crippen MR) is 123 cm³/mol. The Hall–Kier alpha value is -2.92. The van der Waals surface area contributed by atoms with Crippen LogP contribution in [0.3, 0.4) is 0 Å². The van der Waals surface area contributed by atoms with Crippen molar-refractivity contribution in [2.24, 2.45) is 0 Å². The average Bonchev–Trinajstić information content (AvgIpc) is 2.76. The van der Waals surface area contributed by atoms with E-state index in [9.17, 15) is 23.1 Å². The Morgan fingerprint density at radius 3 is 2.22 bits per heavy atom. The lowest BCUT2D eigenvalue weighted by atomic mass is 9.93. The molecule has 3 N–H and O–H groups in total. The number of benzene rings is 2. The van der Waals surface area contributed by atoms with E-state index in [1.165, 1.54) is 12.1 Å². The monoisotopic (exact) mass is 479 g/mol. The van der Waals surface area contributed by atoms with Gasteiger partial charge in [-0.2, -0.15) is 0 Å². The molecule has 32 heavy (non-hydrogen) atoms. The molecule has 0 fully saturated rings. The molecule has 0 heterocycles. The number of halogens is 1. The molecular weight excluding hydrogens is 458 g/mol. The second-order valence-electron chi connectivity index (χ2n) is 7.52. The molecule has 9 nitrogen and oxygen atoms in total. The van der Waals surface area contributed by atoms with E-state index >= 15 is 0 Å². The highest BCUT2D eigenvalue weighted by Crippen LogP contribution is 2.40. The van der Waals surface area contributed by atoms with Crippen molar-refractivity contribution in [2.75, 3.05) is 24.8 Å². The summed E-state index contributed by atoms with van der Waals surface area (Å²) in [5.74, 6) is -0.720. The highest BCUT2D eigenvalue weighted by molar-refractivity contribution is 7.89. The Kier molecular flexibility index (Phi) is 6.34. The summed E-state index contributed by atoms with van der Waals surface area (Å²) >= 11 is 6.01. The zero-order valence-corrected chi connectivity index (χ0v) is 19.3. The van der Waals surface area contributed by atoms with Crippen molar-refractivity contribution in [3.8, 4) is 5.75 Å². The fourth-order valence-corrected chi connectivity index (χ4v) is 4.69. The average molecular weight is 480 g/mol. The van der Waals surface area contributed by atoms with E-state index in [-0.39, 0.29) is 22.1 Å². The second kappa shape index (κ2) is 8.55. The summed E-state index contributed by atoms with van der Waals surface area (Å²) in [6.07, 6.45) is 0. The Bertz CT molecular complexity index is 1330. The number of hydrogen-bond donors (Lipinski definition) is 3. The van der Waals surface area contributed by atoms with Gasteiger partial charge in [0.25, 0.3) is 20.9 Å². The molecule has 3 rings (SSSR count). The van der Waals surface area contributed by atoms with Crippen LogP contribution in [0.5, 0.6) is 5.75 Å². The molecule has 0 atom stereocenters. The summed E-state index contributed by atoms with van der Waals surface area (Å²) < 4.78 is 25.8. The van der Waals surface area contributed by atoms with Gasteiger partial charge in [-0.15, -0.1) is 0 Å². The third-order valence-corrected chi connectivity index (χ3v) is 7.22. The molecule has 3 aromatic carbocycles. The van der Waals surface area contributed by atoms with Gasteiger partial charge < -0.3 is 15.7 Å². The molecule has 11 heteroatoms. The molecule has 0 unspecified atom stereocenters. The van der Waals surface area contributed by atoms with Crippen molar-refractivity contribution in [3.63, 3.8) is 0 Å². The fourth-order valence-electron chi connectivity index (χ4n) is 3.12. The van der Waals surface area contributed by atoms with Gasteiger partial charge in [0.15, 0.2) is 5.75 Å². The van der Waals surface area contributed by atoms with Crippen LogP contribution in [0.4, 0.5) is 17.1 Å². The summed E-state index contributed by atoms with van der Waals surface area (Å²) in [5.41, 5.74) is -1.54. The number of sulfonamides is 1. The Morgan fingerprint density at radius 2 is 1.62 bits per heavy atom. The number of phenolic OH excluding ortho intramolecular Hbond substituents is 1. The van der Waals surface area contributed by atoms with Crippen LogP contribution in [0.2, 0.25) is 5.02 Å². The molecule has 0 aromatic heterocycles. The van der Waals surface area contributed by atoms with Gasteiger partial charge in [0.05, 0.1) is 23.4 Å². The second-order valence-corrected chi connectivity index (χ2v) is 9.80. The largest absolute Gasteiger partial charge is 0.504 e. The minimum atomic E-state index is -4.29. The fraction of sp³-hybridized carbons (Fsp3) is 0.238. The van der Waals surface area contributed by atoms with Crippen molar-refractivity contribution in [1.29, 1.82) is 0 Å². The summed E-state index contributed by atoms with van der Waals surface area (Å²) in [5, 5.41) is 16.1. The first-order valence-corrected chi connectivity index (χ1v) is 11.2. The molecule has 0 bridgehead atoms. The van der Waals surface area contributed by atoms with Gasteiger partial charge in [0.1, 0.15) is 16.3 Å². The van der Waals surface area contributed by atoms with Crippen molar-refractivity contribution in [1.82, 2.24) is 4.47 Å². The lowest BCUT2D eigenvalue weighted by Crippen LogP contribution is -2.41. The van der Waals surface area contributed by atoms with Crippen molar-refractivity contribution >= 4 is 38.7 Å². The zero-order chi connectivity index (χ0) is 23.8. The SMILES string of the molecule is CON(C)S(=O)(=O)c1c(Cl)ccc(Nc2c(NC(C)(C)c3ccccc3)c(=O)c2=O)c1O. The maximum atomic E-state index is 12.6. The van der Waals surface area contributed by atoms with E-state index in [0.717, 1.165) is 19.7 Å². The van der Waals surface area contributed by atoms with Gasteiger partial charge in [-0.1, -0.05) is 46.4 Å². The lowest BCUT2D eigenvalue weighted by Gasteiger charge is -2.30. The Morgan fingerprint density at radius 1 is 1.03 bits per heavy atom. The van der Waals surface area contributed by atoms with Crippen LogP contribution in [-0.2, 0) is 20.4 Å². The number of hydroxylamine groups is 1. The smallest absolute Gasteiger partial charge is 0.269 e. The van der Waals surface area contributed by atoms with Crippen LogP contribution in [-0.4, -0.2) is 32.2 Å². The van der Waals surface area contributed by atoms with E-state index in [4.69, 9.17) is 16.4 Å². The Labute approximate surface area is 189 Å². The standard InChI is InChI=1S/C21H22ClN3O6S/c1-21(2,12-8-6-5-7-9-12)24-16-15(18(27)19(16)28)23-14-11-10-13(22)20(17(14)26)32(29,30)25(3)31-4/h5-11,23-24,26H,1-4H3. The van der Waals surface area contributed by atoms with E-state index in [1.54, 1.807) is 0 Å². The van der Waals surface area contributed by atoms with Crippen LogP contribution < -0.4 is 21.5 Å². The number of phenols is 1. The van der Waals surface area contributed by atoms with Gasteiger partial charge >= 0.3 is 0 Å². The molecule has 0 amide bonds. The van der Waals surface area contributed by atoms with E-state index in [0.29, 0.717) is 4.47 Å². The summed E-state index contributed by atoms with van der Waals surface area (Å²) in [6, 6.07) is 11.9. The molecule has 0 spiro atoms. The van der Waals surface area contributed by atoms with Gasteiger partial charge in [0.2, 0.25) is 0 Å². The molecule has 0 aliphatic carbocycles. The Balaban J connectivity index is 2.00. The van der Waals surface area contributed by atoms with Crippen LogP contribution in [0.1, 0.15) is 19.4 Å². The minimum absolute atomic E-state index is 0.0246. The van der Waals surface area contributed by atoms with Crippen molar-refractivity contribution in [3.05, 3.63) is 73.5 Å². The van der Waals surface area contributed by atoms with Gasteiger partial charge in [-0.25, -0.2) is 8.42 Å². The molecule has 170 valence electrons. The molecule has 0 aliphatic heterocycles. The lowest BCUT2D eigenvalue weighted by molar-refractivity contribution is -0.0259. The third kappa shape index (κ3) is 4.09. The van der Waals surface area contributed by atoms with E-state index in [2.05, 4.69) is 10.6 Å². The molecule has 0 radical (unpaired) electrons. The molecule has 0 saturated heterocycles. The molecule has 0 aliphatic rings. The highest BCUT2D eigenvalue weighted by Gasteiger charge is 2.32. The zero-order valence-electron chi connectivity index (χ0n) is 17.8. The number of hydrogen-bond acceptors (Lipinski definition) is 8. The maximum absolute atomic E-state index is 12.6. The molecule has 0 saturated carbocycles. The van der Waals surface area contributed by atoms with Crippen LogP contribution in [0, 0.1) is 0 Å². The number of anilines is 3. The first-order chi connectivity index (χ1) is 14.9. The van der Waals surface area contributed by atoms with Crippen molar-refractivity contribution < 1.29 is 18.4 Å². The van der Waals surface area contributed by atoms with Gasteiger partial charge in [-0.05, 0) is 31.5 Å². The highest BCUT2D eigenvalue weighted by atomic mass is 35.5. The van der Waals surface area contributed by atoms with E-state index in [1.807, 2.05) is 44.2 Å².